The first-order chi connectivity index (χ1) is 6.61. The average molecular weight is 261 g/mol. The van der Waals surface area contributed by atoms with E-state index < -0.39 is 11.8 Å². The highest BCUT2D eigenvalue weighted by atomic mass is 79.9. The topological polar surface area (TPSA) is 26.3 Å². The average Bonchev–Trinajstić information content (AvgIpc) is 2.20. The molecule has 0 bridgehead atoms. The van der Waals surface area contributed by atoms with Crippen LogP contribution in [-0.2, 0) is 10.1 Å². The molecule has 0 aliphatic heterocycles. The fraction of sp³-hybridized carbons (Fsp3) is 0.300. The minimum Gasteiger partial charge on any atom is -0.465 e. The molecule has 0 saturated carbocycles. The Morgan fingerprint density at radius 2 is 2.21 bits per heavy atom. The highest BCUT2D eigenvalue weighted by molar-refractivity contribution is 9.08. The molecule has 1 aromatic carbocycles. The van der Waals surface area contributed by atoms with Gasteiger partial charge in [0.05, 0.1) is 12.7 Å². The van der Waals surface area contributed by atoms with Crippen molar-refractivity contribution in [3.63, 3.8) is 0 Å². The van der Waals surface area contributed by atoms with Gasteiger partial charge in [0.15, 0.2) is 0 Å². The normalized spacial score (nSPS) is 10.0. The van der Waals surface area contributed by atoms with E-state index in [4.69, 9.17) is 0 Å². The smallest absolute Gasteiger partial charge is 0.338 e. The third-order valence-corrected chi connectivity index (χ3v) is 2.62. The van der Waals surface area contributed by atoms with Gasteiger partial charge >= 0.3 is 5.97 Å². The number of halogens is 2. The molecule has 0 aliphatic rings. The zero-order valence-electron chi connectivity index (χ0n) is 7.93. The predicted octanol–water partition coefficient (Wildman–Crippen LogP) is 2.82. The van der Waals surface area contributed by atoms with E-state index in [1.165, 1.54) is 13.2 Å². The van der Waals surface area contributed by atoms with Crippen LogP contribution in [-0.4, -0.2) is 13.1 Å². The van der Waals surface area contributed by atoms with Gasteiger partial charge in [0, 0.05) is 5.33 Å². The van der Waals surface area contributed by atoms with Crippen LogP contribution >= 0.6 is 15.9 Å². The van der Waals surface area contributed by atoms with Crippen molar-refractivity contribution in [1.29, 1.82) is 0 Å². The lowest BCUT2D eigenvalue weighted by Crippen LogP contribution is -2.08. The lowest BCUT2D eigenvalue weighted by atomic mass is 10.0. The molecule has 0 N–H and O–H groups in total. The Morgan fingerprint density at radius 3 is 2.71 bits per heavy atom. The van der Waals surface area contributed by atoms with Crippen molar-refractivity contribution >= 4 is 21.9 Å². The van der Waals surface area contributed by atoms with Crippen LogP contribution in [0.2, 0.25) is 0 Å². The number of hydrogen-bond donors (Lipinski definition) is 0. The van der Waals surface area contributed by atoms with Crippen LogP contribution in [0.3, 0.4) is 0 Å². The second-order valence-corrected chi connectivity index (χ2v) is 3.39. The molecular weight excluding hydrogens is 251 g/mol. The van der Waals surface area contributed by atoms with Crippen LogP contribution in [0.25, 0.3) is 0 Å². The molecule has 14 heavy (non-hydrogen) atoms. The summed E-state index contributed by atoms with van der Waals surface area (Å²) >= 11 is 3.23. The molecular formula is C10H10BrFO2. The fourth-order valence-corrected chi connectivity index (χ4v) is 1.71. The Kier molecular flexibility index (Phi) is 3.63. The van der Waals surface area contributed by atoms with Crippen molar-refractivity contribution in [2.24, 2.45) is 0 Å². The first-order valence-corrected chi connectivity index (χ1v) is 5.16. The number of carbonyl (C=O) groups excluding carboxylic acids is 1. The van der Waals surface area contributed by atoms with Crippen molar-refractivity contribution in [1.82, 2.24) is 0 Å². The third kappa shape index (κ3) is 1.95. The number of methoxy groups -OCH3 is 1. The Bertz CT molecular complexity index is 363. The summed E-state index contributed by atoms with van der Waals surface area (Å²) in [6, 6.07) is 2.92. The molecule has 0 unspecified atom stereocenters. The predicted molar refractivity (Wildman–Crippen MR) is 55.1 cm³/mol. The molecule has 0 heterocycles. The summed E-state index contributed by atoms with van der Waals surface area (Å²) in [4.78, 5) is 11.4. The van der Waals surface area contributed by atoms with Gasteiger partial charge in [-0.3, -0.25) is 0 Å². The second kappa shape index (κ2) is 4.55. The van der Waals surface area contributed by atoms with Gasteiger partial charge in [-0.15, -0.1) is 0 Å². The van der Waals surface area contributed by atoms with Gasteiger partial charge in [-0.05, 0) is 24.1 Å². The van der Waals surface area contributed by atoms with Crippen molar-refractivity contribution in [3.05, 3.63) is 34.6 Å². The summed E-state index contributed by atoms with van der Waals surface area (Å²) in [5.74, 6) is -0.897. The van der Waals surface area contributed by atoms with Crippen molar-refractivity contribution in [3.8, 4) is 0 Å². The Labute approximate surface area is 90.2 Å². The molecule has 0 atom stereocenters. The van der Waals surface area contributed by atoms with E-state index in [9.17, 15) is 9.18 Å². The Balaban J connectivity index is 3.35. The Morgan fingerprint density at radius 1 is 1.57 bits per heavy atom. The number of hydrogen-bond acceptors (Lipinski definition) is 2. The second-order valence-electron chi connectivity index (χ2n) is 2.83. The van der Waals surface area contributed by atoms with E-state index in [2.05, 4.69) is 20.7 Å². The number of ether oxygens (including phenoxy) is 1. The van der Waals surface area contributed by atoms with Gasteiger partial charge in [0.25, 0.3) is 0 Å². The summed E-state index contributed by atoms with van der Waals surface area (Å²) in [5.41, 5.74) is 1.37. The molecule has 76 valence electrons. The van der Waals surface area contributed by atoms with Gasteiger partial charge in [-0.2, -0.15) is 0 Å². The van der Waals surface area contributed by atoms with Crippen LogP contribution < -0.4 is 0 Å². The van der Waals surface area contributed by atoms with Gasteiger partial charge in [-0.25, -0.2) is 9.18 Å². The maximum Gasteiger partial charge on any atom is 0.338 e. The summed E-state index contributed by atoms with van der Waals surface area (Å²) in [5, 5.41) is 0.499. The third-order valence-electron chi connectivity index (χ3n) is 2.02. The van der Waals surface area contributed by atoms with Gasteiger partial charge in [0.1, 0.15) is 5.82 Å². The van der Waals surface area contributed by atoms with Crippen LogP contribution in [0.5, 0.6) is 0 Å². The zero-order valence-corrected chi connectivity index (χ0v) is 9.52. The summed E-state index contributed by atoms with van der Waals surface area (Å²) < 4.78 is 17.8. The largest absolute Gasteiger partial charge is 0.465 e. The molecule has 1 aromatic rings. The molecule has 4 heteroatoms. The first kappa shape index (κ1) is 11.2. The summed E-state index contributed by atoms with van der Waals surface area (Å²) in [6.07, 6.45) is 0. The van der Waals surface area contributed by atoms with Gasteiger partial charge in [0.2, 0.25) is 0 Å². The molecule has 0 spiro atoms. The first-order valence-electron chi connectivity index (χ1n) is 4.04. The fourth-order valence-electron chi connectivity index (χ4n) is 1.24. The maximum atomic E-state index is 13.2. The minimum absolute atomic E-state index is 0.310. The number of benzene rings is 1. The van der Waals surface area contributed by atoms with Gasteiger partial charge in [-0.1, -0.05) is 22.0 Å². The van der Waals surface area contributed by atoms with Crippen LogP contribution in [0.4, 0.5) is 4.39 Å². The Hall–Kier alpha value is -0.900. The van der Waals surface area contributed by atoms with Gasteiger partial charge < -0.3 is 4.74 Å². The van der Waals surface area contributed by atoms with Crippen molar-refractivity contribution in [2.75, 3.05) is 7.11 Å². The van der Waals surface area contributed by atoms with Crippen LogP contribution in [0.1, 0.15) is 21.5 Å². The zero-order chi connectivity index (χ0) is 10.7. The lowest BCUT2D eigenvalue weighted by Gasteiger charge is -2.09. The minimum atomic E-state index is -0.503. The molecule has 0 amide bonds. The quantitative estimate of drug-likeness (QED) is 0.604. The van der Waals surface area contributed by atoms with Crippen molar-refractivity contribution in [2.45, 2.75) is 12.3 Å². The van der Waals surface area contributed by atoms with Crippen LogP contribution in [0.15, 0.2) is 12.1 Å². The van der Waals surface area contributed by atoms with E-state index in [1.807, 2.05) is 0 Å². The van der Waals surface area contributed by atoms with E-state index in [1.54, 1.807) is 13.0 Å². The molecule has 0 saturated heterocycles. The van der Waals surface area contributed by atoms with E-state index >= 15 is 0 Å². The van der Waals surface area contributed by atoms with Crippen molar-refractivity contribution < 1.29 is 13.9 Å². The maximum absolute atomic E-state index is 13.2. The standard InChI is InChI=1S/C10H10BrFO2/c1-6-8(12)4-3-7(5-11)9(6)10(13)14-2/h3-4H,5H2,1-2H3. The van der Waals surface area contributed by atoms with Crippen LogP contribution in [0, 0.1) is 12.7 Å². The molecule has 2 nitrogen and oxygen atoms in total. The molecule has 0 aromatic heterocycles. The molecule has 0 aliphatic carbocycles. The molecule has 0 fully saturated rings. The SMILES string of the molecule is COC(=O)c1c(CBr)ccc(F)c1C. The molecule has 0 radical (unpaired) electrons. The summed E-state index contributed by atoms with van der Waals surface area (Å²) in [6.45, 7) is 1.56. The monoisotopic (exact) mass is 260 g/mol. The van der Waals surface area contributed by atoms with E-state index in [0.717, 1.165) is 5.56 Å². The summed E-state index contributed by atoms with van der Waals surface area (Å²) in [7, 11) is 1.28. The highest BCUT2D eigenvalue weighted by Gasteiger charge is 2.16. The number of carbonyl (C=O) groups is 1. The lowest BCUT2D eigenvalue weighted by molar-refractivity contribution is 0.0598. The number of rotatable bonds is 2. The van der Waals surface area contributed by atoms with E-state index in [0.29, 0.717) is 16.5 Å². The highest BCUT2D eigenvalue weighted by Crippen LogP contribution is 2.20. The van der Waals surface area contributed by atoms with E-state index in [-0.39, 0.29) is 0 Å². The molecule has 1 rings (SSSR count). The number of alkyl halides is 1. The number of esters is 1.